The molecule has 1 heterocycles. The van der Waals surface area contributed by atoms with E-state index in [1.165, 1.54) is 0 Å². The second-order valence-electron chi connectivity index (χ2n) is 2.90. The summed E-state index contributed by atoms with van der Waals surface area (Å²) in [6.07, 6.45) is -2.90. The number of hydrogen-bond acceptors (Lipinski definition) is 4. The molecule has 0 aromatic carbocycles. The molecule has 1 aromatic rings. The van der Waals surface area contributed by atoms with E-state index < -0.39 is 23.6 Å². The van der Waals surface area contributed by atoms with Gasteiger partial charge in [0.05, 0.1) is 12.3 Å². The van der Waals surface area contributed by atoms with E-state index in [4.69, 9.17) is 5.73 Å². The normalized spacial score (nSPS) is 10.5. The Kier molecular flexibility index (Phi) is 3.60. The van der Waals surface area contributed by atoms with Gasteiger partial charge in [0.25, 0.3) is 12.0 Å². The molecule has 0 saturated carbocycles. The minimum Gasteiger partial charge on any atom is -0.462 e. The zero-order valence-corrected chi connectivity index (χ0v) is 8.42. The summed E-state index contributed by atoms with van der Waals surface area (Å²) in [4.78, 5) is 24.3. The van der Waals surface area contributed by atoms with E-state index in [9.17, 15) is 18.4 Å². The number of carbonyl (C=O) groups is 1. The summed E-state index contributed by atoms with van der Waals surface area (Å²) in [5.74, 6) is -0.892. The summed E-state index contributed by atoms with van der Waals surface area (Å²) >= 11 is 0. The number of ether oxygens (including phenoxy) is 1. The number of esters is 1. The van der Waals surface area contributed by atoms with Crippen LogP contribution in [0.25, 0.3) is 0 Å². The zero-order valence-electron chi connectivity index (χ0n) is 8.42. The predicted molar refractivity (Wildman–Crippen MR) is 52.4 cm³/mol. The summed E-state index contributed by atoms with van der Waals surface area (Å²) in [6.45, 7) is 1.64. The molecule has 7 heteroatoms. The predicted octanol–water partition coefficient (Wildman–Crippen LogP) is 1.07. The van der Waals surface area contributed by atoms with Crippen LogP contribution in [0.2, 0.25) is 0 Å². The van der Waals surface area contributed by atoms with Gasteiger partial charge in [-0.05, 0) is 13.0 Å². The smallest absolute Gasteiger partial charge is 0.343 e. The fraction of sp³-hybridized carbons (Fsp3) is 0.333. The van der Waals surface area contributed by atoms with E-state index >= 15 is 0 Å². The van der Waals surface area contributed by atoms with Gasteiger partial charge in [0.2, 0.25) is 0 Å². The van der Waals surface area contributed by atoms with E-state index in [-0.39, 0.29) is 17.9 Å². The average molecular weight is 232 g/mol. The third-order valence-corrected chi connectivity index (χ3v) is 1.82. The molecule has 0 aliphatic carbocycles. The third kappa shape index (κ3) is 2.36. The number of rotatable bonds is 3. The summed E-state index contributed by atoms with van der Waals surface area (Å²) in [5, 5.41) is 0. The molecule has 0 spiro atoms. The number of halogens is 2. The number of nitrogen functional groups attached to an aromatic ring is 1. The number of hydrogen-bond donors (Lipinski definition) is 2. The molecule has 0 saturated heterocycles. The summed E-state index contributed by atoms with van der Waals surface area (Å²) in [7, 11) is 0. The maximum atomic E-state index is 12.3. The quantitative estimate of drug-likeness (QED) is 0.763. The topological polar surface area (TPSA) is 85.2 Å². The van der Waals surface area contributed by atoms with Crippen LogP contribution < -0.4 is 11.3 Å². The number of nitrogens with one attached hydrogen (secondary N) is 1. The van der Waals surface area contributed by atoms with Gasteiger partial charge in [-0.25, -0.2) is 13.6 Å². The van der Waals surface area contributed by atoms with Crippen LogP contribution in [0, 0.1) is 0 Å². The molecular formula is C9H10F2N2O3. The van der Waals surface area contributed by atoms with Crippen molar-refractivity contribution in [1.82, 2.24) is 4.98 Å². The lowest BCUT2D eigenvalue weighted by atomic mass is 10.2. The maximum absolute atomic E-state index is 12.3. The van der Waals surface area contributed by atoms with E-state index in [1.54, 1.807) is 6.92 Å². The van der Waals surface area contributed by atoms with Crippen LogP contribution >= 0.6 is 0 Å². The highest BCUT2D eigenvalue weighted by Crippen LogP contribution is 2.21. The van der Waals surface area contributed by atoms with Crippen LogP contribution in [0.1, 0.15) is 29.4 Å². The van der Waals surface area contributed by atoms with Gasteiger partial charge in [-0.3, -0.25) is 4.79 Å². The molecule has 1 rings (SSSR count). The molecule has 16 heavy (non-hydrogen) atoms. The van der Waals surface area contributed by atoms with Crippen molar-refractivity contribution in [2.45, 2.75) is 13.3 Å². The molecule has 5 nitrogen and oxygen atoms in total. The van der Waals surface area contributed by atoms with Crippen molar-refractivity contribution in [1.29, 1.82) is 0 Å². The van der Waals surface area contributed by atoms with Gasteiger partial charge in [0.15, 0.2) is 0 Å². The minimum absolute atomic E-state index is 0.0782. The molecular weight excluding hydrogens is 222 g/mol. The number of alkyl halides is 2. The number of aromatic amines is 1. The maximum Gasteiger partial charge on any atom is 0.343 e. The molecule has 0 fully saturated rings. The summed E-state index contributed by atoms with van der Waals surface area (Å²) < 4.78 is 29.2. The van der Waals surface area contributed by atoms with Crippen LogP contribution in [0.3, 0.4) is 0 Å². The fourth-order valence-electron chi connectivity index (χ4n) is 1.10. The van der Waals surface area contributed by atoms with Crippen LogP contribution in [0.4, 0.5) is 14.5 Å². The van der Waals surface area contributed by atoms with E-state index in [1.807, 2.05) is 4.98 Å². The van der Waals surface area contributed by atoms with Gasteiger partial charge in [-0.1, -0.05) is 0 Å². The van der Waals surface area contributed by atoms with Gasteiger partial charge in [-0.2, -0.15) is 0 Å². The summed E-state index contributed by atoms with van der Waals surface area (Å²) in [5.41, 5.74) is 2.89. The Hall–Kier alpha value is -1.92. The Bertz CT molecular complexity index is 457. The second kappa shape index (κ2) is 4.73. The molecule has 88 valence electrons. The minimum atomic E-state index is -2.90. The van der Waals surface area contributed by atoms with Crippen molar-refractivity contribution < 1.29 is 18.3 Å². The third-order valence-electron chi connectivity index (χ3n) is 1.82. The molecule has 0 bridgehead atoms. The highest BCUT2D eigenvalue weighted by Gasteiger charge is 2.18. The monoisotopic (exact) mass is 232 g/mol. The number of carbonyl (C=O) groups excluding carboxylic acids is 1. The van der Waals surface area contributed by atoms with Gasteiger partial charge < -0.3 is 15.5 Å². The first-order valence-corrected chi connectivity index (χ1v) is 4.45. The Morgan fingerprint density at radius 3 is 2.75 bits per heavy atom. The Labute approximate surface area is 89.2 Å². The SMILES string of the molecule is CCOC(=O)c1cc(N)c(C(F)F)[nH]c1=O. The number of nitrogens with two attached hydrogens (primary N) is 1. The highest BCUT2D eigenvalue weighted by molar-refractivity contribution is 5.90. The fourth-order valence-corrected chi connectivity index (χ4v) is 1.10. The van der Waals surface area contributed by atoms with Gasteiger partial charge in [-0.15, -0.1) is 0 Å². The lowest BCUT2D eigenvalue weighted by Gasteiger charge is -2.06. The first-order valence-electron chi connectivity index (χ1n) is 4.45. The summed E-state index contributed by atoms with van der Waals surface area (Å²) in [6, 6.07) is 0.887. The lowest BCUT2D eigenvalue weighted by Crippen LogP contribution is -2.22. The van der Waals surface area contributed by atoms with Gasteiger partial charge >= 0.3 is 5.97 Å². The van der Waals surface area contributed by atoms with Crippen LogP contribution in [-0.4, -0.2) is 17.6 Å². The first kappa shape index (κ1) is 12.2. The number of pyridine rings is 1. The van der Waals surface area contributed by atoms with E-state index in [2.05, 4.69) is 4.74 Å². The van der Waals surface area contributed by atoms with Crippen LogP contribution in [0.15, 0.2) is 10.9 Å². The average Bonchev–Trinajstić information content (AvgIpc) is 2.20. The molecule has 1 aromatic heterocycles. The lowest BCUT2D eigenvalue weighted by molar-refractivity contribution is 0.0523. The zero-order chi connectivity index (χ0) is 12.3. The van der Waals surface area contributed by atoms with E-state index in [0.29, 0.717) is 0 Å². The Morgan fingerprint density at radius 1 is 1.62 bits per heavy atom. The van der Waals surface area contributed by atoms with Crippen molar-refractivity contribution in [2.24, 2.45) is 0 Å². The molecule has 0 aliphatic rings. The molecule has 3 N–H and O–H groups in total. The Balaban J connectivity index is 3.21. The van der Waals surface area contributed by atoms with Crippen molar-refractivity contribution in [3.05, 3.63) is 27.7 Å². The van der Waals surface area contributed by atoms with Crippen molar-refractivity contribution in [3.8, 4) is 0 Å². The van der Waals surface area contributed by atoms with Crippen molar-refractivity contribution in [2.75, 3.05) is 12.3 Å². The largest absolute Gasteiger partial charge is 0.462 e. The number of aromatic nitrogens is 1. The van der Waals surface area contributed by atoms with E-state index in [0.717, 1.165) is 6.07 Å². The first-order chi connectivity index (χ1) is 7.47. The Morgan fingerprint density at radius 2 is 2.25 bits per heavy atom. The number of anilines is 1. The van der Waals surface area contributed by atoms with Crippen LogP contribution in [-0.2, 0) is 4.74 Å². The molecule has 0 unspecified atom stereocenters. The van der Waals surface area contributed by atoms with Crippen LogP contribution in [0.5, 0.6) is 0 Å². The molecule has 0 aliphatic heterocycles. The molecule has 0 amide bonds. The highest BCUT2D eigenvalue weighted by atomic mass is 19.3. The van der Waals surface area contributed by atoms with Gasteiger partial charge in [0, 0.05) is 0 Å². The second-order valence-corrected chi connectivity index (χ2v) is 2.90. The molecule has 0 radical (unpaired) electrons. The van der Waals surface area contributed by atoms with Crippen molar-refractivity contribution in [3.63, 3.8) is 0 Å². The van der Waals surface area contributed by atoms with Gasteiger partial charge in [0.1, 0.15) is 11.3 Å². The van der Waals surface area contributed by atoms with Crippen molar-refractivity contribution >= 4 is 11.7 Å². The molecule has 0 atom stereocenters. The standard InChI is InChI=1S/C9H10F2N2O3/c1-2-16-9(15)4-3-5(12)6(7(10)11)13-8(4)14/h3,7H,2,12H2,1H3,(H,13,14). The number of H-pyrrole nitrogens is 1.